The maximum Gasteiger partial charge on any atom is 0.352 e. The largest absolute Gasteiger partial charge is 0.477 e. The summed E-state index contributed by atoms with van der Waals surface area (Å²) in [6.07, 6.45) is 6.23. The molecule has 182 valence electrons. The van der Waals surface area contributed by atoms with Crippen molar-refractivity contribution < 1.29 is 28.8 Å². The number of thioether (sulfide) groups is 1. The first-order valence-corrected chi connectivity index (χ1v) is 12.7. The molecule has 4 rings (SSSR count). The Bertz CT molecular complexity index is 1090. The van der Waals surface area contributed by atoms with Crippen LogP contribution in [0.5, 0.6) is 0 Å². The Morgan fingerprint density at radius 3 is 2.79 bits per heavy atom. The molecule has 3 aliphatic rings. The quantitative estimate of drug-likeness (QED) is 0.201. The summed E-state index contributed by atoms with van der Waals surface area (Å²) < 4.78 is 0.939. The van der Waals surface area contributed by atoms with Crippen LogP contribution in [0.15, 0.2) is 34.0 Å². The highest BCUT2D eigenvalue weighted by Gasteiger charge is 2.54. The van der Waals surface area contributed by atoms with Crippen LogP contribution in [0.1, 0.15) is 18.5 Å². The van der Waals surface area contributed by atoms with E-state index in [2.05, 4.69) is 22.5 Å². The van der Waals surface area contributed by atoms with Gasteiger partial charge in [0.2, 0.25) is 0 Å². The standard InChI is InChI=1S/C21H26N6O5S2/c1-27(7-3-4-8-27)9-5-6-12-10-33-19-15(18(29)26(19)16(12)20(30)31)24-17(28)14(25-32-2)13-11-34-21(22)23-13/h5-6,11,15,19H,3-4,7-10H2,1-2H3,(H3-,22,23,24,28,30,31)/p+1/b6-5-,25-14+/t15-,19-/m1/s1. The third kappa shape index (κ3) is 4.68. The van der Waals surface area contributed by atoms with Crippen molar-refractivity contribution in [3.05, 3.63) is 34.5 Å². The number of hydrogen-bond acceptors (Lipinski definition) is 9. The maximum atomic E-state index is 12.9. The highest BCUT2D eigenvalue weighted by molar-refractivity contribution is 8.00. The van der Waals surface area contributed by atoms with E-state index >= 15 is 0 Å². The van der Waals surface area contributed by atoms with E-state index in [4.69, 9.17) is 10.6 Å². The molecule has 2 fully saturated rings. The number of hydrogen-bond donors (Lipinski definition) is 3. The zero-order valence-electron chi connectivity index (χ0n) is 18.9. The van der Waals surface area contributed by atoms with E-state index < -0.39 is 29.2 Å². The van der Waals surface area contributed by atoms with E-state index in [1.807, 2.05) is 12.2 Å². The molecule has 2 saturated heterocycles. The Balaban J connectivity index is 1.48. The number of amides is 2. The molecule has 2 amide bonds. The molecule has 13 heteroatoms. The van der Waals surface area contributed by atoms with Gasteiger partial charge in [0.05, 0.1) is 26.7 Å². The summed E-state index contributed by atoms with van der Waals surface area (Å²) in [7, 11) is 3.49. The molecule has 0 unspecified atom stereocenters. The number of quaternary nitrogens is 1. The second-order valence-corrected chi connectivity index (χ2v) is 10.6. The number of oxime groups is 1. The number of likely N-dealkylation sites (tertiary alicyclic amines) is 1. The third-order valence-electron chi connectivity index (χ3n) is 6.16. The Labute approximate surface area is 204 Å². The van der Waals surface area contributed by atoms with E-state index in [-0.39, 0.29) is 22.2 Å². The summed E-state index contributed by atoms with van der Waals surface area (Å²) in [5, 5.41) is 17.5. The number of nitrogens with two attached hydrogens (primary N) is 1. The minimum absolute atomic E-state index is 0.0300. The molecule has 2 atom stereocenters. The number of thiazole rings is 1. The van der Waals surface area contributed by atoms with E-state index in [9.17, 15) is 19.5 Å². The molecule has 3 aliphatic heterocycles. The van der Waals surface area contributed by atoms with E-state index in [0.717, 1.165) is 35.5 Å². The molecule has 0 aliphatic carbocycles. The zero-order valence-corrected chi connectivity index (χ0v) is 20.5. The fraction of sp³-hybridized carbons (Fsp3) is 0.476. The monoisotopic (exact) mass is 507 g/mol. The second-order valence-electron chi connectivity index (χ2n) is 8.59. The first-order valence-electron chi connectivity index (χ1n) is 10.8. The van der Waals surface area contributed by atoms with Crippen molar-refractivity contribution >= 4 is 51.7 Å². The molecule has 1 aromatic rings. The molecule has 0 radical (unpaired) electrons. The fourth-order valence-electron chi connectivity index (χ4n) is 4.40. The molecule has 1 aromatic heterocycles. The normalized spacial score (nSPS) is 24.2. The van der Waals surface area contributed by atoms with Gasteiger partial charge in [0, 0.05) is 24.0 Å². The maximum absolute atomic E-state index is 12.9. The van der Waals surface area contributed by atoms with Gasteiger partial charge in [-0.05, 0) is 11.6 Å². The van der Waals surface area contributed by atoms with Gasteiger partial charge in [-0.25, -0.2) is 9.78 Å². The SMILES string of the molecule is CO/N=C(/C(=O)N[C@@H]1C(=O)N2C(C(=O)O)=C(/C=C\C[N+]3(C)CCCC3)CS[C@H]12)c1csc(N)n1. The van der Waals surface area contributed by atoms with Crippen LogP contribution in [0.2, 0.25) is 0 Å². The van der Waals surface area contributed by atoms with Gasteiger partial charge in [-0.3, -0.25) is 14.5 Å². The molecule has 0 aromatic carbocycles. The van der Waals surface area contributed by atoms with E-state index in [1.165, 1.54) is 36.6 Å². The summed E-state index contributed by atoms with van der Waals surface area (Å²) in [6.45, 7) is 3.04. The average molecular weight is 508 g/mol. The summed E-state index contributed by atoms with van der Waals surface area (Å²) in [5.41, 5.74) is 6.33. The summed E-state index contributed by atoms with van der Waals surface area (Å²) in [6, 6.07) is -0.885. The van der Waals surface area contributed by atoms with Crippen LogP contribution in [0.3, 0.4) is 0 Å². The summed E-state index contributed by atoms with van der Waals surface area (Å²) >= 11 is 2.55. The number of allylic oxidation sites excluding steroid dienone is 1. The molecular formula is C21H27N6O5S2+. The summed E-state index contributed by atoms with van der Waals surface area (Å²) in [5.74, 6) is -1.88. The van der Waals surface area contributed by atoms with Crippen molar-refractivity contribution in [1.29, 1.82) is 0 Å². The number of fused-ring (bicyclic) bond motifs is 1. The van der Waals surface area contributed by atoms with E-state index in [0.29, 0.717) is 11.3 Å². The fourth-order valence-corrected chi connectivity index (χ4v) is 6.27. The predicted molar refractivity (Wildman–Crippen MR) is 129 cm³/mol. The van der Waals surface area contributed by atoms with Crippen LogP contribution in [-0.4, -0.2) is 93.9 Å². The molecular weight excluding hydrogens is 480 g/mol. The second kappa shape index (κ2) is 9.76. The zero-order chi connectivity index (χ0) is 24.5. The van der Waals surface area contributed by atoms with Gasteiger partial charge in [-0.15, -0.1) is 23.1 Å². The van der Waals surface area contributed by atoms with Gasteiger partial charge in [0.25, 0.3) is 11.8 Å². The van der Waals surface area contributed by atoms with Gasteiger partial charge in [-0.1, -0.05) is 11.2 Å². The van der Waals surface area contributed by atoms with Gasteiger partial charge in [0.1, 0.15) is 29.9 Å². The van der Waals surface area contributed by atoms with Crippen molar-refractivity contribution in [2.75, 3.05) is 45.3 Å². The van der Waals surface area contributed by atoms with Gasteiger partial charge in [0.15, 0.2) is 10.8 Å². The molecule has 11 nitrogen and oxygen atoms in total. The molecule has 0 bridgehead atoms. The van der Waals surface area contributed by atoms with Crippen molar-refractivity contribution in [3.63, 3.8) is 0 Å². The topological polar surface area (TPSA) is 147 Å². The van der Waals surface area contributed by atoms with Crippen LogP contribution in [0.4, 0.5) is 5.13 Å². The van der Waals surface area contributed by atoms with Crippen LogP contribution >= 0.6 is 23.1 Å². The number of carboxylic acids is 1. The number of aliphatic carboxylic acids is 1. The lowest BCUT2D eigenvalue weighted by molar-refractivity contribution is -0.891. The van der Waals surface area contributed by atoms with Crippen molar-refractivity contribution in [1.82, 2.24) is 15.2 Å². The minimum atomic E-state index is -1.16. The number of nitrogens with zero attached hydrogens (tertiary/aromatic N) is 4. The average Bonchev–Trinajstić information content (AvgIpc) is 3.43. The van der Waals surface area contributed by atoms with Gasteiger partial charge >= 0.3 is 5.97 Å². The molecule has 4 N–H and O–H groups in total. The highest BCUT2D eigenvalue weighted by Crippen LogP contribution is 2.40. The van der Waals surface area contributed by atoms with Crippen molar-refractivity contribution in [2.45, 2.75) is 24.3 Å². The third-order valence-corrected chi connectivity index (χ3v) is 8.14. The smallest absolute Gasteiger partial charge is 0.352 e. The van der Waals surface area contributed by atoms with Crippen molar-refractivity contribution in [2.24, 2.45) is 5.16 Å². The Hall–Kier alpha value is -2.90. The van der Waals surface area contributed by atoms with Gasteiger partial charge < -0.3 is 25.5 Å². The molecule has 4 heterocycles. The van der Waals surface area contributed by atoms with Crippen LogP contribution in [-0.2, 0) is 19.2 Å². The number of carbonyl (C=O) groups excluding carboxylic acids is 2. The number of nitrogen functional groups attached to an aromatic ring is 1. The number of β-lactam (4-membered cyclic amide) rings is 1. The number of nitrogens with one attached hydrogen (secondary N) is 1. The number of anilines is 1. The van der Waals surface area contributed by atoms with Gasteiger partial charge in [-0.2, -0.15) is 0 Å². The molecule has 0 spiro atoms. The first-order chi connectivity index (χ1) is 16.2. The van der Waals surface area contributed by atoms with Crippen LogP contribution in [0, 0.1) is 0 Å². The number of carbonyl (C=O) groups is 3. The first kappa shape index (κ1) is 24.2. The number of carboxylic acid groups (broad SMARTS) is 1. The number of rotatable bonds is 8. The lowest BCUT2D eigenvalue weighted by Gasteiger charge is -2.49. The van der Waals surface area contributed by atoms with E-state index in [1.54, 1.807) is 5.38 Å². The van der Waals surface area contributed by atoms with Crippen LogP contribution in [0.25, 0.3) is 0 Å². The Morgan fingerprint density at radius 1 is 1.44 bits per heavy atom. The Morgan fingerprint density at radius 2 is 2.18 bits per heavy atom. The Kier molecular flexibility index (Phi) is 6.96. The minimum Gasteiger partial charge on any atom is -0.477 e. The lowest BCUT2D eigenvalue weighted by atomic mass is 10.0. The van der Waals surface area contributed by atoms with Crippen molar-refractivity contribution in [3.8, 4) is 0 Å². The predicted octanol–water partition coefficient (Wildman–Crippen LogP) is 0.611. The van der Waals surface area contributed by atoms with Crippen LogP contribution < -0.4 is 11.1 Å². The summed E-state index contributed by atoms with van der Waals surface area (Å²) in [4.78, 5) is 47.8. The number of likely N-dealkylation sites (N-methyl/N-ethyl adjacent to an activating group) is 1. The lowest BCUT2D eigenvalue weighted by Crippen LogP contribution is -2.71. The number of aromatic nitrogens is 1. The highest BCUT2D eigenvalue weighted by atomic mass is 32.2. The molecule has 0 saturated carbocycles. The molecule has 34 heavy (non-hydrogen) atoms.